The van der Waals surface area contributed by atoms with Gasteiger partial charge in [-0.25, -0.2) is 0 Å². The average Bonchev–Trinajstić information content (AvgIpc) is 2.51. The molecule has 0 spiro atoms. The first-order valence-electron chi connectivity index (χ1n) is 8.92. The topological polar surface area (TPSA) is 35.9 Å². The van der Waals surface area contributed by atoms with Crippen LogP contribution in [0.1, 0.15) is 32.8 Å². The van der Waals surface area contributed by atoms with Crippen LogP contribution in [-0.4, -0.2) is 60.3 Å². The molecule has 1 atom stereocenters. The standard InChI is InChI=1S/C19H32N2O2/c1-4-23-19-8-6-5-7-17(19)14-21-11-10-20(13-16(2)3)15-18(21)9-12-22/h5-8,16,18,22H,4,9-15H2,1-3H3. The zero-order valence-corrected chi connectivity index (χ0v) is 14.9. The van der Waals surface area contributed by atoms with Crippen LogP contribution >= 0.6 is 0 Å². The molecule has 1 aliphatic rings. The van der Waals surface area contributed by atoms with Crippen LogP contribution in [-0.2, 0) is 6.54 Å². The van der Waals surface area contributed by atoms with E-state index in [-0.39, 0.29) is 6.61 Å². The molecule has 1 saturated heterocycles. The molecule has 0 aliphatic carbocycles. The maximum Gasteiger partial charge on any atom is 0.123 e. The molecule has 1 unspecified atom stereocenters. The molecular weight excluding hydrogens is 288 g/mol. The summed E-state index contributed by atoms with van der Waals surface area (Å²) in [5, 5.41) is 9.44. The van der Waals surface area contributed by atoms with E-state index in [1.807, 2.05) is 13.0 Å². The third-order valence-electron chi connectivity index (χ3n) is 4.42. The average molecular weight is 320 g/mol. The fraction of sp³-hybridized carbons (Fsp3) is 0.684. The Morgan fingerprint density at radius 1 is 1.26 bits per heavy atom. The van der Waals surface area contributed by atoms with Crippen LogP contribution < -0.4 is 4.74 Å². The minimum Gasteiger partial charge on any atom is -0.494 e. The molecule has 1 heterocycles. The summed E-state index contributed by atoms with van der Waals surface area (Å²) in [5.74, 6) is 1.68. The highest BCUT2D eigenvalue weighted by Crippen LogP contribution is 2.23. The van der Waals surface area contributed by atoms with E-state index in [0.29, 0.717) is 18.6 Å². The molecule has 0 amide bonds. The van der Waals surface area contributed by atoms with Crippen molar-refractivity contribution in [2.75, 3.05) is 39.4 Å². The highest BCUT2D eigenvalue weighted by Gasteiger charge is 2.27. The van der Waals surface area contributed by atoms with Crippen LogP contribution in [0.5, 0.6) is 5.75 Å². The van der Waals surface area contributed by atoms with E-state index in [2.05, 4.69) is 41.8 Å². The Kier molecular flexibility index (Phi) is 7.34. The Bertz CT molecular complexity index is 464. The second-order valence-corrected chi connectivity index (χ2v) is 6.83. The van der Waals surface area contributed by atoms with Crippen molar-refractivity contribution in [1.82, 2.24) is 9.80 Å². The lowest BCUT2D eigenvalue weighted by molar-refractivity contribution is 0.0478. The van der Waals surface area contributed by atoms with Gasteiger partial charge in [0.05, 0.1) is 6.61 Å². The van der Waals surface area contributed by atoms with E-state index in [1.54, 1.807) is 0 Å². The van der Waals surface area contributed by atoms with Crippen LogP contribution in [0, 0.1) is 5.92 Å². The zero-order valence-electron chi connectivity index (χ0n) is 14.9. The lowest BCUT2D eigenvalue weighted by atomic mass is 10.1. The zero-order chi connectivity index (χ0) is 16.7. The number of hydrogen-bond acceptors (Lipinski definition) is 4. The SMILES string of the molecule is CCOc1ccccc1CN1CCN(CC(C)C)CC1CCO. The number of aliphatic hydroxyl groups excluding tert-OH is 1. The van der Waals surface area contributed by atoms with Crippen molar-refractivity contribution in [3.05, 3.63) is 29.8 Å². The van der Waals surface area contributed by atoms with Gasteiger partial charge >= 0.3 is 0 Å². The number of para-hydroxylation sites is 1. The molecule has 1 fully saturated rings. The van der Waals surface area contributed by atoms with Gasteiger partial charge in [-0.05, 0) is 25.3 Å². The Morgan fingerprint density at radius 2 is 2.04 bits per heavy atom. The summed E-state index contributed by atoms with van der Waals surface area (Å²) in [5.41, 5.74) is 1.24. The number of hydrogen-bond donors (Lipinski definition) is 1. The highest BCUT2D eigenvalue weighted by atomic mass is 16.5. The lowest BCUT2D eigenvalue weighted by Crippen LogP contribution is -2.53. The van der Waals surface area contributed by atoms with E-state index in [9.17, 15) is 5.11 Å². The molecule has 130 valence electrons. The van der Waals surface area contributed by atoms with Crippen LogP contribution in [0.25, 0.3) is 0 Å². The van der Waals surface area contributed by atoms with Crippen molar-refractivity contribution < 1.29 is 9.84 Å². The van der Waals surface area contributed by atoms with Crippen molar-refractivity contribution in [3.8, 4) is 5.75 Å². The maximum absolute atomic E-state index is 9.44. The molecule has 0 aromatic heterocycles. The quantitative estimate of drug-likeness (QED) is 0.799. The molecule has 4 nitrogen and oxygen atoms in total. The lowest BCUT2D eigenvalue weighted by Gasteiger charge is -2.42. The van der Waals surface area contributed by atoms with Crippen molar-refractivity contribution in [1.29, 1.82) is 0 Å². The van der Waals surface area contributed by atoms with Gasteiger partial charge in [0.25, 0.3) is 0 Å². The molecule has 0 bridgehead atoms. The van der Waals surface area contributed by atoms with E-state index in [0.717, 1.165) is 44.9 Å². The first-order valence-corrected chi connectivity index (χ1v) is 8.92. The summed E-state index contributed by atoms with van der Waals surface area (Å²) in [6.45, 7) is 12.8. The predicted octanol–water partition coefficient (Wildman–Crippen LogP) is 2.61. The molecule has 1 aromatic carbocycles. The molecular formula is C19H32N2O2. The molecule has 0 radical (unpaired) electrons. The van der Waals surface area contributed by atoms with Crippen LogP contribution in [0.15, 0.2) is 24.3 Å². The summed E-state index contributed by atoms with van der Waals surface area (Å²) in [6, 6.07) is 8.73. The normalized spacial score (nSPS) is 20.1. The van der Waals surface area contributed by atoms with Gasteiger partial charge in [-0.15, -0.1) is 0 Å². The Hall–Kier alpha value is -1.10. The van der Waals surface area contributed by atoms with Crippen LogP contribution in [0.2, 0.25) is 0 Å². The minimum atomic E-state index is 0.254. The Balaban J connectivity index is 2.03. The number of piperazine rings is 1. The molecule has 1 aliphatic heterocycles. The third-order valence-corrected chi connectivity index (χ3v) is 4.42. The number of benzene rings is 1. The number of aliphatic hydroxyl groups is 1. The van der Waals surface area contributed by atoms with Crippen molar-refractivity contribution in [2.24, 2.45) is 5.92 Å². The summed E-state index contributed by atoms with van der Waals surface area (Å²) in [6.07, 6.45) is 0.839. The van der Waals surface area contributed by atoms with Crippen molar-refractivity contribution >= 4 is 0 Å². The molecule has 1 aromatic rings. The van der Waals surface area contributed by atoms with E-state index >= 15 is 0 Å². The van der Waals surface area contributed by atoms with Gasteiger partial charge in [-0.1, -0.05) is 32.0 Å². The van der Waals surface area contributed by atoms with Gasteiger partial charge < -0.3 is 14.7 Å². The fourth-order valence-corrected chi connectivity index (χ4v) is 3.42. The van der Waals surface area contributed by atoms with Crippen molar-refractivity contribution in [3.63, 3.8) is 0 Å². The molecule has 0 saturated carbocycles. The maximum atomic E-state index is 9.44. The summed E-state index contributed by atoms with van der Waals surface area (Å²) in [7, 11) is 0. The van der Waals surface area contributed by atoms with Gasteiger partial charge in [0, 0.05) is 50.9 Å². The monoisotopic (exact) mass is 320 g/mol. The fourth-order valence-electron chi connectivity index (χ4n) is 3.42. The number of rotatable bonds is 8. The molecule has 23 heavy (non-hydrogen) atoms. The van der Waals surface area contributed by atoms with E-state index in [1.165, 1.54) is 5.56 Å². The second kappa shape index (κ2) is 9.26. The predicted molar refractivity (Wildman–Crippen MR) is 94.8 cm³/mol. The Morgan fingerprint density at radius 3 is 2.74 bits per heavy atom. The highest BCUT2D eigenvalue weighted by molar-refractivity contribution is 5.33. The molecule has 2 rings (SSSR count). The molecule has 1 N–H and O–H groups in total. The third kappa shape index (κ3) is 5.48. The van der Waals surface area contributed by atoms with Gasteiger partial charge in [0.15, 0.2) is 0 Å². The summed E-state index contributed by atoms with van der Waals surface area (Å²) in [4.78, 5) is 5.04. The minimum absolute atomic E-state index is 0.254. The number of nitrogens with zero attached hydrogens (tertiary/aromatic N) is 2. The summed E-state index contributed by atoms with van der Waals surface area (Å²) >= 11 is 0. The molecule has 4 heteroatoms. The summed E-state index contributed by atoms with van der Waals surface area (Å²) < 4.78 is 5.76. The van der Waals surface area contributed by atoms with Crippen molar-refractivity contribution in [2.45, 2.75) is 39.8 Å². The first-order chi connectivity index (χ1) is 11.1. The second-order valence-electron chi connectivity index (χ2n) is 6.83. The number of ether oxygens (including phenoxy) is 1. The van der Waals surface area contributed by atoms with Crippen LogP contribution in [0.3, 0.4) is 0 Å². The smallest absolute Gasteiger partial charge is 0.123 e. The van der Waals surface area contributed by atoms with Gasteiger partial charge in [0.2, 0.25) is 0 Å². The van der Waals surface area contributed by atoms with Crippen LogP contribution in [0.4, 0.5) is 0 Å². The van der Waals surface area contributed by atoms with Gasteiger partial charge in [0.1, 0.15) is 5.75 Å². The van der Waals surface area contributed by atoms with Gasteiger partial charge in [-0.2, -0.15) is 0 Å². The van der Waals surface area contributed by atoms with E-state index < -0.39 is 0 Å². The largest absolute Gasteiger partial charge is 0.494 e. The van der Waals surface area contributed by atoms with E-state index in [4.69, 9.17) is 4.74 Å². The Labute approximate surface area is 141 Å². The van der Waals surface area contributed by atoms with Gasteiger partial charge in [-0.3, -0.25) is 4.90 Å². The first kappa shape index (κ1) is 18.2.